The average molecular weight is 348 g/mol. The standard InChI is InChI=1S/C21H20N2O3/c1-13-19(9-6-16-10-17(11-24)22-20(13)16)23-21(25)15-4-7-18(8-5-15)26-12-14-2-3-14/h4-11,14,22H,2-3,12H2,1H3,(H,23,25). The number of amides is 1. The number of aromatic amines is 1. The van der Waals surface area contributed by atoms with Gasteiger partial charge >= 0.3 is 0 Å². The molecule has 3 aromatic rings. The van der Waals surface area contributed by atoms with E-state index in [1.807, 2.05) is 31.2 Å². The Labute approximate surface area is 151 Å². The molecule has 0 saturated heterocycles. The van der Waals surface area contributed by atoms with E-state index in [1.165, 1.54) is 12.8 Å². The molecule has 0 unspecified atom stereocenters. The molecule has 1 fully saturated rings. The van der Waals surface area contributed by atoms with Crippen molar-refractivity contribution in [1.82, 2.24) is 4.98 Å². The van der Waals surface area contributed by atoms with Crippen LogP contribution in [0, 0.1) is 12.8 Å². The van der Waals surface area contributed by atoms with Crippen LogP contribution in [-0.4, -0.2) is 23.8 Å². The Morgan fingerprint density at radius 3 is 2.69 bits per heavy atom. The van der Waals surface area contributed by atoms with Crippen LogP contribution in [0.2, 0.25) is 0 Å². The molecule has 0 spiro atoms. The summed E-state index contributed by atoms with van der Waals surface area (Å²) in [6.07, 6.45) is 3.28. The zero-order chi connectivity index (χ0) is 18.1. The van der Waals surface area contributed by atoms with Crippen LogP contribution in [-0.2, 0) is 0 Å². The van der Waals surface area contributed by atoms with Crippen LogP contribution >= 0.6 is 0 Å². The molecular formula is C21H20N2O3. The van der Waals surface area contributed by atoms with Crippen molar-refractivity contribution < 1.29 is 14.3 Å². The van der Waals surface area contributed by atoms with Crippen molar-refractivity contribution in [3.8, 4) is 5.75 Å². The Morgan fingerprint density at radius 1 is 1.23 bits per heavy atom. The Morgan fingerprint density at radius 2 is 2.00 bits per heavy atom. The smallest absolute Gasteiger partial charge is 0.255 e. The van der Waals surface area contributed by atoms with Crippen molar-refractivity contribution in [2.45, 2.75) is 19.8 Å². The maximum atomic E-state index is 12.5. The molecule has 1 aliphatic carbocycles. The van der Waals surface area contributed by atoms with Gasteiger partial charge < -0.3 is 15.0 Å². The molecule has 4 rings (SSSR count). The summed E-state index contributed by atoms with van der Waals surface area (Å²) in [4.78, 5) is 26.5. The van der Waals surface area contributed by atoms with Crippen molar-refractivity contribution in [2.24, 2.45) is 5.92 Å². The third-order valence-corrected chi connectivity index (χ3v) is 4.75. The first kappa shape index (κ1) is 16.4. The second-order valence-corrected chi connectivity index (χ2v) is 6.78. The predicted molar refractivity (Wildman–Crippen MR) is 101 cm³/mol. The van der Waals surface area contributed by atoms with Crippen molar-refractivity contribution in [2.75, 3.05) is 11.9 Å². The highest BCUT2D eigenvalue weighted by Crippen LogP contribution is 2.30. The molecule has 2 N–H and O–H groups in total. The van der Waals surface area contributed by atoms with Gasteiger partial charge in [0.1, 0.15) is 5.75 Å². The van der Waals surface area contributed by atoms with Crippen molar-refractivity contribution in [1.29, 1.82) is 0 Å². The van der Waals surface area contributed by atoms with E-state index in [0.717, 1.165) is 40.8 Å². The lowest BCUT2D eigenvalue weighted by Crippen LogP contribution is -2.12. The maximum absolute atomic E-state index is 12.5. The van der Waals surface area contributed by atoms with E-state index < -0.39 is 0 Å². The highest BCUT2D eigenvalue weighted by molar-refractivity contribution is 6.06. The quantitative estimate of drug-likeness (QED) is 0.651. The van der Waals surface area contributed by atoms with Gasteiger partial charge in [-0.2, -0.15) is 0 Å². The molecule has 1 heterocycles. The monoisotopic (exact) mass is 348 g/mol. The van der Waals surface area contributed by atoms with E-state index in [9.17, 15) is 9.59 Å². The highest BCUT2D eigenvalue weighted by atomic mass is 16.5. The van der Waals surface area contributed by atoms with Gasteiger partial charge in [0.15, 0.2) is 6.29 Å². The third kappa shape index (κ3) is 3.33. The minimum Gasteiger partial charge on any atom is -0.493 e. The maximum Gasteiger partial charge on any atom is 0.255 e. The molecule has 1 saturated carbocycles. The number of hydrogen-bond acceptors (Lipinski definition) is 3. The first-order valence-corrected chi connectivity index (χ1v) is 8.76. The van der Waals surface area contributed by atoms with Crippen LogP contribution in [0.3, 0.4) is 0 Å². The Hall–Kier alpha value is -3.08. The number of aromatic nitrogens is 1. The summed E-state index contributed by atoms with van der Waals surface area (Å²) < 4.78 is 5.70. The number of anilines is 1. The fourth-order valence-corrected chi connectivity index (χ4v) is 2.96. The lowest BCUT2D eigenvalue weighted by atomic mass is 10.1. The summed E-state index contributed by atoms with van der Waals surface area (Å²) in [7, 11) is 0. The van der Waals surface area contributed by atoms with E-state index >= 15 is 0 Å². The Kier molecular flexibility index (Phi) is 4.21. The molecule has 0 radical (unpaired) electrons. The number of nitrogens with one attached hydrogen (secondary N) is 2. The predicted octanol–water partition coefficient (Wildman–Crippen LogP) is 4.33. The van der Waals surface area contributed by atoms with Crippen LogP contribution in [0.1, 0.15) is 39.3 Å². The summed E-state index contributed by atoms with van der Waals surface area (Å²) >= 11 is 0. The lowest BCUT2D eigenvalue weighted by Gasteiger charge is -2.10. The van der Waals surface area contributed by atoms with Gasteiger partial charge in [0.25, 0.3) is 5.91 Å². The van der Waals surface area contributed by atoms with Crippen LogP contribution in [0.15, 0.2) is 42.5 Å². The minimum atomic E-state index is -0.177. The summed E-state index contributed by atoms with van der Waals surface area (Å²) in [6.45, 7) is 2.67. The molecule has 26 heavy (non-hydrogen) atoms. The molecule has 0 atom stereocenters. The summed E-state index contributed by atoms with van der Waals surface area (Å²) in [5.41, 5.74) is 3.56. The first-order valence-electron chi connectivity index (χ1n) is 8.76. The first-order chi connectivity index (χ1) is 12.6. The second-order valence-electron chi connectivity index (χ2n) is 6.78. The topological polar surface area (TPSA) is 71.2 Å². The SMILES string of the molecule is Cc1c(NC(=O)c2ccc(OCC3CC3)cc2)ccc2cc(C=O)[nH]c12. The molecule has 132 valence electrons. The lowest BCUT2D eigenvalue weighted by molar-refractivity contribution is 0.102. The molecule has 5 heteroatoms. The Balaban J connectivity index is 1.49. The fourth-order valence-electron chi connectivity index (χ4n) is 2.96. The van der Waals surface area contributed by atoms with E-state index in [4.69, 9.17) is 4.74 Å². The summed E-state index contributed by atoms with van der Waals surface area (Å²) in [6, 6.07) is 12.7. The summed E-state index contributed by atoms with van der Waals surface area (Å²) in [5.74, 6) is 1.31. The van der Waals surface area contributed by atoms with Gasteiger partial charge in [0.05, 0.1) is 17.8 Å². The largest absolute Gasteiger partial charge is 0.493 e. The van der Waals surface area contributed by atoms with Gasteiger partial charge in [0.2, 0.25) is 0 Å². The number of fused-ring (bicyclic) bond motifs is 1. The van der Waals surface area contributed by atoms with Crippen LogP contribution in [0.25, 0.3) is 10.9 Å². The van der Waals surface area contributed by atoms with Gasteiger partial charge in [-0.3, -0.25) is 9.59 Å². The Bertz CT molecular complexity index is 969. The molecule has 0 aliphatic heterocycles. The van der Waals surface area contributed by atoms with Gasteiger partial charge in [0, 0.05) is 16.6 Å². The molecule has 5 nitrogen and oxygen atoms in total. The number of hydrogen-bond donors (Lipinski definition) is 2. The number of aryl methyl sites for hydroxylation is 1. The van der Waals surface area contributed by atoms with E-state index in [2.05, 4.69) is 10.3 Å². The number of rotatable bonds is 6. The molecule has 2 aromatic carbocycles. The van der Waals surface area contributed by atoms with Gasteiger partial charge in [-0.25, -0.2) is 0 Å². The normalized spacial score (nSPS) is 13.6. The molecule has 0 bridgehead atoms. The van der Waals surface area contributed by atoms with Gasteiger partial charge in [-0.15, -0.1) is 0 Å². The van der Waals surface area contributed by atoms with Crippen LogP contribution in [0.4, 0.5) is 5.69 Å². The van der Waals surface area contributed by atoms with E-state index in [-0.39, 0.29) is 5.91 Å². The number of aldehydes is 1. The zero-order valence-electron chi connectivity index (χ0n) is 14.5. The number of benzene rings is 2. The summed E-state index contributed by atoms with van der Waals surface area (Å²) in [5, 5.41) is 3.88. The number of carbonyl (C=O) groups excluding carboxylic acids is 2. The van der Waals surface area contributed by atoms with Crippen molar-refractivity contribution >= 4 is 28.8 Å². The van der Waals surface area contributed by atoms with E-state index in [0.29, 0.717) is 17.2 Å². The van der Waals surface area contributed by atoms with E-state index in [1.54, 1.807) is 18.2 Å². The molecule has 1 aromatic heterocycles. The molecular weight excluding hydrogens is 328 g/mol. The highest BCUT2D eigenvalue weighted by Gasteiger charge is 2.21. The van der Waals surface area contributed by atoms with Crippen LogP contribution in [0.5, 0.6) is 5.75 Å². The second kappa shape index (κ2) is 6.67. The zero-order valence-corrected chi connectivity index (χ0v) is 14.5. The molecule has 1 aliphatic rings. The van der Waals surface area contributed by atoms with Crippen molar-refractivity contribution in [3.63, 3.8) is 0 Å². The number of H-pyrrole nitrogens is 1. The number of carbonyl (C=O) groups is 2. The average Bonchev–Trinajstić information content (AvgIpc) is 3.39. The van der Waals surface area contributed by atoms with Crippen LogP contribution < -0.4 is 10.1 Å². The number of ether oxygens (including phenoxy) is 1. The minimum absolute atomic E-state index is 0.177. The molecule has 1 amide bonds. The fraction of sp³-hybridized carbons (Fsp3) is 0.238. The van der Waals surface area contributed by atoms with Crippen molar-refractivity contribution in [3.05, 3.63) is 59.3 Å². The van der Waals surface area contributed by atoms with Gasteiger partial charge in [-0.05, 0) is 67.6 Å². The third-order valence-electron chi connectivity index (χ3n) is 4.75. The van der Waals surface area contributed by atoms with Gasteiger partial charge in [-0.1, -0.05) is 6.07 Å².